The molecule has 0 saturated heterocycles. The van der Waals surface area contributed by atoms with E-state index in [1.54, 1.807) is 12.3 Å². The molecule has 28 heavy (non-hydrogen) atoms. The van der Waals surface area contributed by atoms with Crippen LogP contribution in [0.1, 0.15) is 11.1 Å². The van der Waals surface area contributed by atoms with E-state index in [2.05, 4.69) is 11.1 Å². The number of aromatic nitrogens is 1. The van der Waals surface area contributed by atoms with Gasteiger partial charge < -0.3 is 0 Å². The molecule has 5 aromatic rings. The van der Waals surface area contributed by atoms with Crippen molar-refractivity contribution in [3.8, 4) is 17.3 Å². The molecule has 132 valence electrons. The van der Waals surface area contributed by atoms with Gasteiger partial charge in [-0.2, -0.15) is 5.26 Å². The van der Waals surface area contributed by atoms with Gasteiger partial charge in [0.25, 0.3) is 0 Å². The third-order valence-electron chi connectivity index (χ3n) is 5.32. The van der Waals surface area contributed by atoms with Crippen LogP contribution in [0.25, 0.3) is 43.6 Å². The molecule has 0 amide bonds. The molecular formula is C25H15FN2. The Morgan fingerprint density at radius 3 is 2.54 bits per heavy atom. The average molecular weight is 362 g/mol. The Balaban J connectivity index is 1.90. The van der Waals surface area contributed by atoms with E-state index in [1.807, 2.05) is 67.6 Å². The Hall–Kier alpha value is -3.77. The first kappa shape index (κ1) is 16.4. The summed E-state index contributed by atoms with van der Waals surface area (Å²) in [4.78, 5) is 4.55. The van der Waals surface area contributed by atoms with Gasteiger partial charge in [0.1, 0.15) is 5.82 Å². The molecule has 0 bridgehead atoms. The Bertz CT molecular complexity index is 1440. The zero-order valence-corrected chi connectivity index (χ0v) is 15.2. The Morgan fingerprint density at radius 1 is 0.857 bits per heavy atom. The number of nitriles is 1. The lowest BCUT2D eigenvalue weighted by atomic mass is 9.94. The third kappa shape index (κ3) is 2.35. The van der Waals surface area contributed by atoms with Gasteiger partial charge in [0.2, 0.25) is 0 Å². The quantitative estimate of drug-likeness (QED) is 0.318. The number of halogens is 1. The van der Waals surface area contributed by atoms with Gasteiger partial charge in [-0.3, -0.25) is 4.98 Å². The highest BCUT2D eigenvalue weighted by Gasteiger charge is 2.14. The summed E-state index contributed by atoms with van der Waals surface area (Å²) in [6.07, 6.45) is 1.75. The van der Waals surface area contributed by atoms with Crippen molar-refractivity contribution < 1.29 is 4.39 Å². The van der Waals surface area contributed by atoms with Gasteiger partial charge in [-0.25, -0.2) is 4.39 Å². The summed E-state index contributed by atoms with van der Waals surface area (Å²) in [5, 5.41) is 14.7. The van der Waals surface area contributed by atoms with E-state index >= 15 is 0 Å². The van der Waals surface area contributed by atoms with Crippen LogP contribution in [-0.4, -0.2) is 4.98 Å². The van der Waals surface area contributed by atoms with Gasteiger partial charge in [0, 0.05) is 22.5 Å². The van der Waals surface area contributed by atoms with E-state index < -0.39 is 0 Å². The largest absolute Gasteiger partial charge is 0.256 e. The summed E-state index contributed by atoms with van der Waals surface area (Å²) < 4.78 is 15.0. The number of hydrogen-bond donors (Lipinski definition) is 0. The maximum absolute atomic E-state index is 15.0. The first-order valence-electron chi connectivity index (χ1n) is 9.07. The number of aryl methyl sites for hydroxylation is 1. The van der Waals surface area contributed by atoms with Crippen LogP contribution in [0, 0.1) is 24.1 Å². The molecule has 0 aliphatic heterocycles. The van der Waals surface area contributed by atoms with E-state index in [4.69, 9.17) is 0 Å². The molecule has 0 radical (unpaired) electrons. The summed E-state index contributed by atoms with van der Waals surface area (Å²) >= 11 is 0. The molecule has 1 heterocycles. The van der Waals surface area contributed by atoms with Crippen LogP contribution in [0.5, 0.6) is 0 Å². The second kappa shape index (κ2) is 6.14. The van der Waals surface area contributed by atoms with Crippen LogP contribution in [0.4, 0.5) is 4.39 Å². The molecule has 2 nitrogen and oxygen atoms in total. The number of nitrogens with zero attached hydrogens (tertiary/aromatic N) is 2. The maximum Gasteiger partial charge on any atom is 0.132 e. The summed E-state index contributed by atoms with van der Waals surface area (Å²) in [6, 6.07) is 23.2. The summed E-state index contributed by atoms with van der Waals surface area (Å²) in [5.74, 6) is -0.254. The van der Waals surface area contributed by atoms with E-state index in [0.29, 0.717) is 16.6 Å². The minimum Gasteiger partial charge on any atom is -0.256 e. The summed E-state index contributed by atoms with van der Waals surface area (Å²) in [6.45, 7) is 1.92. The van der Waals surface area contributed by atoms with Gasteiger partial charge in [-0.05, 0) is 58.3 Å². The first-order valence-corrected chi connectivity index (χ1v) is 9.07. The lowest BCUT2D eigenvalue weighted by molar-refractivity contribution is 0.641. The van der Waals surface area contributed by atoms with Crippen LogP contribution in [0.3, 0.4) is 0 Å². The summed E-state index contributed by atoms with van der Waals surface area (Å²) in [5.41, 5.74) is 2.99. The van der Waals surface area contributed by atoms with Gasteiger partial charge in [0.15, 0.2) is 0 Å². The normalized spacial score (nSPS) is 11.2. The van der Waals surface area contributed by atoms with Crippen molar-refractivity contribution in [3.63, 3.8) is 0 Å². The van der Waals surface area contributed by atoms with Crippen molar-refractivity contribution in [3.05, 3.63) is 89.9 Å². The highest BCUT2D eigenvalue weighted by atomic mass is 19.1. The highest BCUT2D eigenvalue weighted by Crippen LogP contribution is 2.36. The van der Waals surface area contributed by atoms with E-state index in [0.717, 1.165) is 38.1 Å². The molecular weight excluding hydrogens is 347 g/mol. The molecule has 0 N–H and O–H groups in total. The van der Waals surface area contributed by atoms with Crippen LogP contribution >= 0.6 is 0 Å². The third-order valence-corrected chi connectivity index (χ3v) is 5.32. The molecule has 0 atom stereocenters. The van der Waals surface area contributed by atoms with Crippen molar-refractivity contribution >= 4 is 32.3 Å². The lowest BCUT2D eigenvalue weighted by Gasteiger charge is -2.12. The fourth-order valence-electron chi connectivity index (χ4n) is 4.03. The van der Waals surface area contributed by atoms with Crippen molar-refractivity contribution in [2.75, 3.05) is 0 Å². The maximum atomic E-state index is 15.0. The highest BCUT2D eigenvalue weighted by molar-refractivity contribution is 6.12. The average Bonchev–Trinajstić information content (AvgIpc) is 2.72. The smallest absolute Gasteiger partial charge is 0.132 e. The molecule has 0 unspecified atom stereocenters. The van der Waals surface area contributed by atoms with Gasteiger partial charge in [-0.1, -0.05) is 42.5 Å². The zero-order valence-electron chi connectivity index (χ0n) is 15.2. The lowest BCUT2D eigenvalue weighted by Crippen LogP contribution is -1.92. The van der Waals surface area contributed by atoms with Crippen LogP contribution in [0.2, 0.25) is 0 Å². The van der Waals surface area contributed by atoms with Gasteiger partial charge >= 0.3 is 0 Å². The standard InChI is InChI=1S/C25H15FN2/c1-15-5-4-8-21-20-9-10-28-25(22(20)13-23(26)24(15)21)17-11-16-6-2-3-7-19(16)18(12-17)14-27/h2-13H,1H3. The van der Waals surface area contributed by atoms with Crippen molar-refractivity contribution in [1.29, 1.82) is 5.26 Å². The molecule has 3 heteroatoms. The predicted molar refractivity (Wildman–Crippen MR) is 112 cm³/mol. The van der Waals surface area contributed by atoms with E-state index in [1.165, 1.54) is 0 Å². The van der Waals surface area contributed by atoms with Crippen molar-refractivity contribution in [2.45, 2.75) is 6.92 Å². The number of fused-ring (bicyclic) bond motifs is 4. The zero-order chi connectivity index (χ0) is 19.3. The molecule has 1 aromatic heterocycles. The molecule has 0 aliphatic carbocycles. The monoisotopic (exact) mass is 362 g/mol. The Labute approximate surface area is 161 Å². The van der Waals surface area contributed by atoms with Crippen molar-refractivity contribution in [2.24, 2.45) is 0 Å². The molecule has 0 aliphatic rings. The summed E-state index contributed by atoms with van der Waals surface area (Å²) in [7, 11) is 0. The van der Waals surface area contributed by atoms with Crippen LogP contribution in [0.15, 0.2) is 72.9 Å². The fraction of sp³-hybridized carbons (Fsp3) is 0.0400. The van der Waals surface area contributed by atoms with Crippen LogP contribution in [-0.2, 0) is 0 Å². The molecule has 5 rings (SSSR count). The Morgan fingerprint density at radius 2 is 1.68 bits per heavy atom. The molecule has 0 saturated carbocycles. The Kier molecular flexibility index (Phi) is 3.60. The van der Waals surface area contributed by atoms with Gasteiger partial charge in [-0.15, -0.1) is 0 Å². The SMILES string of the molecule is Cc1cccc2c1c(F)cc1c(-c3cc(C#N)c4ccccc4c3)nccc12. The minimum atomic E-state index is -0.254. The number of pyridine rings is 1. The molecule has 0 spiro atoms. The minimum absolute atomic E-state index is 0.254. The number of benzene rings is 4. The van der Waals surface area contributed by atoms with Crippen molar-refractivity contribution in [1.82, 2.24) is 4.98 Å². The molecule has 4 aromatic carbocycles. The second-order valence-electron chi connectivity index (χ2n) is 6.97. The van der Waals surface area contributed by atoms with Gasteiger partial charge in [0.05, 0.1) is 17.3 Å². The second-order valence-corrected chi connectivity index (χ2v) is 6.97. The number of hydrogen-bond acceptors (Lipinski definition) is 2. The topological polar surface area (TPSA) is 36.7 Å². The van der Waals surface area contributed by atoms with E-state index in [9.17, 15) is 9.65 Å². The number of rotatable bonds is 1. The van der Waals surface area contributed by atoms with Crippen LogP contribution < -0.4 is 0 Å². The predicted octanol–water partition coefficient (Wildman–Crippen LogP) is 6.53. The fourth-order valence-corrected chi connectivity index (χ4v) is 4.03. The first-order chi connectivity index (χ1) is 13.7. The molecule has 0 fully saturated rings. The van der Waals surface area contributed by atoms with E-state index in [-0.39, 0.29) is 5.82 Å².